The summed E-state index contributed by atoms with van der Waals surface area (Å²) >= 11 is 0. The van der Waals surface area contributed by atoms with Gasteiger partial charge in [-0.3, -0.25) is 5.43 Å². The van der Waals surface area contributed by atoms with Gasteiger partial charge < -0.3 is 5.11 Å². The van der Waals surface area contributed by atoms with E-state index in [2.05, 4.69) is 10.4 Å². The van der Waals surface area contributed by atoms with Crippen LogP contribution in [0.2, 0.25) is 0 Å². The molecule has 0 spiro atoms. The van der Waals surface area contributed by atoms with Crippen LogP contribution in [0.3, 0.4) is 0 Å². The lowest BCUT2D eigenvalue weighted by molar-refractivity contribution is 0.108. The van der Waals surface area contributed by atoms with E-state index in [0.29, 0.717) is 6.54 Å². The molecule has 11 heavy (non-hydrogen) atoms. The van der Waals surface area contributed by atoms with Crippen molar-refractivity contribution in [2.75, 3.05) is 19.6 Å². The van der Waals surface area contributed by atoms with Crippen molar-refractivity contribution in [3.8, 4) is 0 Å². The summed E-state index contributed by atoms with van der Waals surface area (Å²) < 4.78 is 0. The van der Waals surface area contributed by atoms with E-state index in [1.165, 1.54) is 19.3 Å². The third kappa shape index (κ3) is 3.70. The maximum Gasteiger partial charge on any atom is 0.0650 e. The molecular weight excluding hydrogens is 140 g/mol. The van der Waals surface area contributed by atoms with Crippen LogP contribution in [0, 0.1) is 0 Å². The normalized spacial score (nSPS) is 23.5. The number of aliphatic hydroxyl groups is 1. The highest BCUT2D eigenvalue weighted by atomic mass is 16.3. The van der Waals surface area contributed by atoms with Crippen molar-refractivity contribution in [1.29, 1.82) is 0 Å². The van der Waals surface area contributed by atoms with Crippen molar-refractivity contribution in [3.05, 3.63) is 0 Å². The van der Waals surface area contributed by atoms with E-state index in [-0.39, 0.29) is 6.10 Å². The molecule has 0 amide bonds. The molecule has 0 aliphatic carbocycles. The second-order valence-electron chi connectivity index (χ2n) is 3.26. The van der Waals surface area contributed by atoms with E-state index < -0.39 is 0 Å². The number of hydrazine groups is 1. The van der Waals surface area contributed by atoms with Gasteiger partial charge in [-0.15, -0.1) is 0 Å². The number of hydrogen-bond donors (Lipinski definition) is 2. The van der Waals surface area contributed by atoms with Crippen molar-refractivity contribution in [2.45, 2.75) is 32.3 Å². The van der Waals surface area contributed by atoms with Crippen LogP contribution in [-0.4, -0.2) is 35.9 Å². The summed E-state index contributed by atoms with van der Waals surface area (Å²) in [5.41, 5.74) is 3.20. The molecule has 1 saturated heterocycles. The van der Waals surface area contributed by atoms with Gasteiger partial charge in [0.1, 0.15) is 0 Å². The van der Waals surface area contributed by atoms with Gasteiger partial charge in [-0.25, -0.2) is 5.01 Å². The van der Waals surface area contributed by atoms with Crippen LogP contribution in [0.25, 0.3) is 0 Å². The molecule has 1 aliphatic heterocycles. The van der Waals surface area contributed by atoms with Gasteiger partial charge in [0.05, 0.1) is 6.10 Å². The van der Waals surface area contributed by atoms with Crippen LogP contribution in [0.1, 0.15) is 26.2 Å². The molecule has 3 nitrogen and oxygen atoms in total. The van der Waals surface area contributed by atoms with Crippen LogP contribution in [0.5, 0.6) is 0 Å². The molecule has 66 valence electrons. The molecule has 0 aromatic rings. The standard InChI is InChI=1S/C8H18N2O/c1-8(11)7-9-10-5-3-2-4-6-10/h8-9,11H,2-7H2,1H3/t8-/m0/s1. The molecule has 0 radical (unpaired) electrons. The van der Waals surface area contributed by atoms with Crippen LogP contribution < -0.4 is 5.43 Å². The zero-order chi connectivity index (χ0) is 8.10. The fourth-order valence-corrected chi connectivity index (χ4v) is 1.31. The summed E-state index contributed by atoms with van der Waals surface area (Å²) in [4.78, 5) is 0. The smallest absolute Gasteiger partial charge is 0.0650 e. The Balaban J connectivity index is 2.05. The minimum atomic E-state index is -0.239. The van der Waals surface area contributed by atoms with Crippen LogP contribution in [-0.2, 0) is 0 Å². The lowest BCUT2D eigenvalue weighted by Crippen LogP contribution is -2.44. The fourth-order valence-electron chi connectivity index (χ4n) is 1.31. The predicted octanol–water partition coefficient (Wildman–Crippen LogP) is 0.358. The summed E-state index contributed by atoms with van der Waals surface area (Å²) in [6.45, 7) is 4.75. The lowest BCUT2D eigenvalue weighted by atomic mass is 10.2. The predicted molar refractivity (Wildman–Crippen MR) is 45.1 cm³/mol. The maximum absolute atomic E-state index is 8.99. The third-order valence-corrected chi connectivity index (χ3v) is 1.97. The largest absolute Gasteiger partial charge is 0.392 e. The lowest BCUT2D eigenvalue weighted by Gasteiger charge is -2.27. The van der Waals surface area contributed by atoms with Crippen molar-refractivity contribution >= 4 is 0 Å². The minimum absolute atomic E-state index is 0.239. The van der Waals surface area contributed by atoms with Crippen LogP contribution in [0.15, 0.2) is 0 Å². The molecule has 1 fully saturated rings. The Bertz CT molecular complexity index is 100. The highest BCUT2D eigenvalue weighted by molar-refractivity contribution is 4.61. The van der Waals surface area contributed by atoms with E-state index in [1.807, 2.05) is 0 Å². The van der Waals surface area contributed by atoms with Gasteiger partial charge in [0.15, 0.2) is 0 Å². The summed E-state index contributed by atoms with van der Waals surface area (Å²) in [6, 6.07) is 0. The van der Waals surface area contributed by atoms with Gasteiger partial charge in [0, 0.05) is 19.6 Å². The van der Waals surface area contributed by atoms with Crippen molar-refractivity contribution in [3.63, 3.8) is 0 Å². The number of piperidine rings is 1. The molecule has 0 saturated carbocycles. The Hall–Kier alpha value is -0.120. The first-order valence-corrected chi connectivity index (χ1v) is 4.45. The summed E-state index contributed by atoms with van der Waals surface area (Å²) in [6.07, 6.45) is 3.68. The van der Waals surface area contributed by atoms with Gasteiger partial charge in [0.25, 0.3) is 0 Å². The fraction of sp³-hybridized carbons (Fsp3) is 1.00. The highest BCUT2D eigenvalue weighted by Crippen LogP contribution is 2.05. The Morgan fingerprint density at radius 3 is 2.55 bits per heavy atom. The van der Waals surface area contributed by atoms with Gasteiger partial charge in [-0.1, -0.05) is 6.42 Å². The number of nitrogens with zero attached hydrogens (tertiary/aromatic N) is 1. The van der Waals surface area contributed by atoms with E-state index in [9.17, 15) is 0 Å². The Morgan fingerprint density at radius 2 is 2.00 bits per heavy atom. The topological polar surface area (TPSA) is 35.5 Å². The van der Waals surface area contributed by atoms with E-state index >= 15 is 0 Å². The quantitative estimate of drug-likeness (QED) is 0.622. The van der Waals surface area contributed by atoms with E-state index in [4.69, 9.17) is 5.11 Å². The van der Waals surface area contributed by atoms with Crippen LogP contribution >= 0.6 is 0 Å². The maximum atomic E-state index is 8.99. The van der Waals surface area contributed by atoms with E-state index in [1.54, 1.807) is 6.92 Å². The van der Waals surface area contributed by atoms with Gasteiger partial charge in [-0.2, -0.15) is 0 Å². The zero-order valence-corrected chi connectivity index (χ0v) is 7.21. The molecule has 1 heterocycles. The number of hydrogen-bond acceptors (Lipinski definition) is 3. The molecule has 0 aromatic heterocycles. The van der Waals surface area contributed by atoms with Crippen molar-refractivity contribution < 1.29 is 5.11 Å². The minimum Gasteiger partial charge on any atom is -0.392 e. The number of aliphatic hydroxyl groups excluding tert-OH is 1. The molecule has 0 unspecified atom stereocenters. The molecule has 0 aromatic carbocycles. The monoisotopic (exact) mass is 158 g/mol. The Labute approximate surface area is 68.4 Å². The van der Waals surface area contributed by atoms with Crippen LogP contribution in [0.4, 0.5) is 0 Å². The van der Waals surface area contributed by atoms with Gasteiger partial charge in [-0.05, 0) is 19.8 Å². The average Bonchev–Trinajstić information content (AvgIpc) is 2.03. The summed E-state index contributed by atoms with van der Waals surface area (Å²) in [5.74, 6) is 0. The molecule has 1 rings (SSSR count). The summed E-state index contributed by atoms with van der Waals surface area (Å²) in [5, 5.41) is 11.2. The number of nitrogens with one attached hydrogen (secondary N) is 1. The summed E-state index contributed by atoms with van der Waals surface area (Å²) in [7, 11) is 0. The number of rotatable bonds is 3. The molecule has 1 aliphatic rings. The van der Waals surface area contributed by atoms with E-state index in [0.717, 1.165) is 13.1 Å². The van der Waals surface area contributed by atoms with Gasteiger partial charge in [0.2, 0.25) is 0 Å². The third-order valence-electron chi connectivity index (χ3n) is 1.97. The zero-order valence-electron chi connectivity index (χ0n) is 7.21. The molecule has 1 atom stereocenters. The first-order chi connectivity index (χ1) is 5.29. The second kappa shape index (κ2) is 4.70. The molecule has 2 N–H and O–H groups in total. The average molecular weight is 158 g/mol. The molecule has 0 bridgehead atoms. The SMILES string of the molecule is C[C@H](O)CNN1CCCCC1. The Morgan fingerprint density at radius 1 is 1.36 bits per heavy atom. The van der Waals surface area contributed by atoms with Gasteiger partial charge >= 0.3 is 0 Å². The van der Waals surface area contributed by atoms with Crippen molar-refractivity contribution in [1.82, 2.24) is 10.4 Å². The highest BCUT2D eigenvalue weighted by Gasteiger charge is 2.09. The second-order valence-corrected chi connectivity index (χ2v) is 3.26. The first-order valence-electron chi connectivity index (χ1n) is 4.45. The molecule has 3 heteroatoms. The molecular formula is C8H18N2O. The Kier molecular flexibility index (Phi) is 3.83. The van der Waals surface area contributed by atoms with Crippen molar-refractivity contribution in [2.24, 2.45) is 0 Å². The first kappa shape index (κ1) is 8.97.